The second kappa shape index (κ2) is 8.92. The van der Waals surface area contributed by atoms with Crippen LogP contribution in [0.1, 0.15) is 10.4 Å². The molecule has 1 N–H and O–H groups in total. The van der Waals surface area contributed by atoms with Gasteiger partial charge in [-0.05, 0) is 48.5 Å². The molecule has 1 aliphatic rings. The van der Waals surface area contributed by atoms with Gasteiger partial charge in [0, 0.05) is 19.5 Å². The number of ether oxygens (including phenoxy) is 3. The highest BCUT2D eigenvalue weighted by Gasteiger charge is 2.31. The highest BCUT2D eigenvalue weighted by Crippen LogP contribution is 2.32. The molecule has 0 atom stereocenters. The third-order valence-corrected chi connectivity index (χ3v) is 4.98. The zero-order valence-electron chi connectivity index (χ0n) is 16.7. The van der Waals surface area contributed by atoms with Crippen molar-refractivity contribution in [2.45, 2.75) is 6.10 Å². The third-order valence-electron chi connectivity index (χ3n) is 4.98. The molecule has 1 aromatic heterocycles. The van der Waals surface area contributed by atoms with Crippen LogP contribution in [0.2, 0.25) is 0 Å². The number of nitrogens with zero attached hydrogens (tertiary/aromatic N) is 2. The molecule has 4 rings (SSSR count). The fourth-order valence-corrected chi connectivity index (χ4v) is 3.47. The first-order chi connectivity index (χ1) is 14.7. The van der Waals surface area contributed by atoms with Gasteiger partial charge in [-0.1, -0.05) is 6.07 Å². The van der Waals surface area contributed by atoms with Crippen molar-refractivity contribution in [3.63, 3.8) is 0 Å². The summed E-state index contributed by atoms with van der Waals surface area (Å²) in [6.45, 7) is 2.42. The molecule has 0 aliphatic carbocycles. The third kappa shape index (κ3) is 4.26. The summed E-state index contributed by atoms with van der Waals surface area (Å²) >= 11 is 0. The first kappa shape index (κ1) is 19.8. The minimum atomic E-state index is -0.943. The number of hydrogen-bond donors (Lipinski definition) is 1. The van der Waals surface area contributed by atoms with E-state index in [9.17, 15) is 9.90 Å². The van der Waals surface area contributed by atoms with Crippen molar-refractivity contribution >= 4 is 11.7 Å². The predicted octanol–water partition coefficient (Wildman–Crippen LogP) is 3.47. The van der Waals surface area contributed by atoms with E-state index in [2.05, 4.69) is 4.90 Å². The summed E-state index contributed by atoms with van der Waals surface area (Å²) in [6, 6.07) is 16.7. The number of benzene rings is 2. The molecule has 7 nitrogen and oxygen atoms in total. The van der Waals surface area contributed by atoms with E-state index in [1.165, 1.54) is 0 Å². The Bertz CT molecular complexity index is 979. The van der Waals surface area contributed by atoms with Crippen molar-refractivity contribution in [3.05, 3.63) is 72.6 Å². The number of carboxylic acids is 1. The van der Waals surface area contributed by atoms with Gasteiger partial charge in [0.2, 0.25) is 0 Å². The van der Waals surface area contributed by atoms with Crippen LogP contribution in [0.4, 0.5) is 5.69 Å². The summed E-state index contributed by atoms with van der Waals surface area (Å²) in [5, 5.41) is 9.63. The molecule has 2 aromatic carbocycles. The maximum absolute atomic E-state index is 11.7. The molecular weight excluding hydrogens is 384 g/mol. The number of para-hydroxylation sites is 1. The van der Waals surface area contributed by atoms with E-state index in [-0.39, 0.29) is 11.7 Å². The predicted molar refractivity (Wildman–Crippen MR) is 113 cm³/mol. The maximum Gasteiger partial charge on any atom is 0.337 e. The Labute approximate surface area is 175 Å². The van der Waals surface area contributed by atoms with Crippen molar-refractivity contribution in [1.29, 1.82) is 0 Å². The van der Waals surface area contributed by atoms with Crippen LogP contribution in [0, 0.1) is 0 Å². The zero-order chi connectivity index (χ0) is 20.9. The number of hydrogen-bond acceptors (Lipinski definition) is 5. The van der Waals surface area contributed by atoms with E-state index in [1.807, 2.05) is 59.4 Å². The molecular formula is C23H24N2O5. The topological polar surface area (TPSA) is 73.2 Å². The number of rotatable bonds is 9. The lowest BCUT2D eigenvalue weighted by molar-refractivity contribution is 0.0697. The number of anilines is 1. The second-order valence-electron chi connectivity index (χ2n) is 7.03. The number of carboxylic acid groups (broad SMARTS) is 1. The summed E-state index contributed by atoms with van der Waals surface area (Å²) in [5.41, 5.74) is 1.83. The number of methoxy groups -OCH3 is 1. The molecule has 2 heterocycles. The Morgan fingerprint density at radius 2 is 1.70 bits per heavy atom. The van der Waals surface area contributed by atoms with Gasteiger partial charge in [0.25, 0.3) is 0 Å². The van der Waals surface area contributed by atoms with E-state index in [1.54, 1.807) is 19.2 Å². The van der Waals surface area contributed by atoms with Gasteiger partial charge in [-0.25, -0.2) is 4.79 Å². The highest BCUT2D eigenvalue weighted by molar-refractivity contribution is 5.95. The smallest absolute Gasteiger partial charge is 0.337 e. The minimum Gasteiger partial charge on any atom is -0.491 e. The first-order valence-corrected chi connectivity index (χ1v) is 9.79. The summed E-state index contributed by atoms with van der Waals surface area (Å²) in [6.07, 6.45) is 3.75. The Kier molecular flexibility index (Phi) is 5.90. The fourth-order valence-electron chi connectivity index (χ4n) is 3.47. The minimum absolute atomic E-state index is 0.0382. The highest BCUT2D eigenvalue weighted by atomic mass is 16.5. The van der Waals surface area contributed by atoms with Crippen LogP contribution in [0.15, 0.2) is 67.0 Å². The molecule has 0 unspecified atom stereocenters. The normalized spacial score (nSPS) is 13.7. The van der Waals surface area contributed by atoms with E-state index in [0.29, 0.717) is 32.0 Å². The van der Waals surface area contributed by atoms with Gasteiger partial charge in [0.1, 0.15) is 24.2 Å². The number of aromatic nitrogens is 1. The summed E-state index contributed by atoms with van der Waals surface area (Å²) in [4.78, 5) is 13.9. The molecule has 1 fully saturated rings. The van der Waals surface area contributed by atoms with Crippen molar-refractivity contribution in [3.8, 4) is 17.2 Å². The molecule has 0 saturated carbocycles. The Morgan fingerprint density at radius 1 is 1.00 bits per heavy atom. The molecule has 1 saturated heterocycles. The summed E-state index contributed by atoms with van der Waals surface area (Å²) in [7, 11) is 1.64. The fraction of sp³-hybridized carbons (Fsp3) is 0.261. The van der Waals surface area contributed by atoms with Crippen LogP contribution in [0.5, 0.6) is 11.5 Å². The lowest BCUT2D eigenvalue weighted by Gasteiger charge is -2.41. The van der Waals surface area contributed by atoms with Crippen molar-refractivity contribution < 1.29 is 24.1 Å². The van der Waals surface area contributed by atoms with Gasteiger partial charge in [0.15, 0.2) is 0 Å². The average molecular weight is 408 g/mol. The average Bonchev–Trinajstić information content (AvgIpc) is 3.25. The lowest BCUT2D eigenvalue weighted by Crippen LogP contribution is -2.54. The monoisotopic (exact) mass is 408 g/mol. The molecule has 0 spiro atoms. The molecule has 156 valence electrons. The Morgan fingerprint density at radius 3 is 2.37 bits per heavy atom. The molecule has 0 amide bonds. The van der Waals surface area contributed by atoms with Crippen molar-refractivity contribution in [2.24, 2.45) is 0 Å². The van der Waals surface area contributed by atoms with Gasteiger partial charge in [0.05, 0.1) is 36.6 Å². The molecule has 0 bridgehead atoms. The van der Waals surface area contributed by atoms with Gasteiger partial charge in [-0.2, -0.15) is 0 Å². The summed E-state index contributed by atoms with van der Waals surface area (Å²) < 4.78 is 18.4. The SMILES string of the molecule is COCCOc1ccc(OC2CN(c3cccc(C(=O)O)c3-n3cccc3)C2)cc1. The van der Waals surface area contributed by atoms with E-state index < -0.39 is 5.97 Å². The van der Waals surface area contributed by atoms with Crippen LogP contribution < -0.4 is 14.4 Å². The van der Waals surface area contributed by atoms with Gasteiger partial charge >= 0.3 is 5.97 Å². The van der Waals surface area contributed by atoms with Crippen LogP contribution >= 0.6 is 0 Å². The largest absolute Gasteiger partial charge is 0.491 e. The maximum atomic E-state index is 11.7. The van der Waals surface area contributed by atoms with Crippen molar-refractivity contribution in [1.82, 2.24) is 4.57 Å². The van der Waals surface area contributed by atoms with Crippen LogP contribution in [-0.4, -0.2) is 55.2 Å². The zero-order valence-corrected chi connectivity index (χ0v) is 16.7. The van der Waals surface area contributed by atoms with E-state index in [4.69, 9.17) is 14.2 Å². The van der Waals surface area contributed by atoms with Gasteiger partial charge < -0.3 is 28.8 Å². The second-order valence-corrected chi connectivity index (χ2v) is 7.03. The number of aromatic carboxylic acids is 1. The quantitative estimate of drug-likeness (QED) is 0.547. The van der Waals surface area contributed by atoms with Crippen molar-refractivity contribution in [2.75, 3.05) is 38.3 Å². The van der Waals surface area contributed by atoms with E-state index in [0.717, 1.165) is 17.2 Å². The molecule has 1 aliphatic heterocycles. The van der Waals surface area contributed by atoms with Gasteiger partial charge in [-0.3, -0.25) is 0 Å². The first-order valence-electron chi connectivity index (χ1n) is 9.79. The van der Waals surface area contributed by atoms with Crippen LogP contribution in [0.25, 0.3) is 5.69 Å². The van der Waals surface area contributed by atoms with Crippen LogP contribution in [0.3, 0.4) is 0 Å². The lowest BCUT2D eigenvalue weighted by atomic mass is 10.1. The molecule has 0 radical (unpaired) electrons. The molecule has 3 aromatic rings. The Balaban J connectivity index is 1.41. The van der Waals surface area contributed by atoms with Crippen LogP contribution in [-0.2, 0) is 4.74 Å². The van der Waals surface area contributed by atoms with Gasteiger partial charge in [-0.15, -0.1) is 0 Å². The summed E-state index contributed by atoms with van der Waals surface area (Å²) in [5.74, 6) is 0.613. The Hall–Kier alpha value is -3.45. The molecule has 30 heavy (non-hydrogen) atoms. The number of carbonyl (C=O) groups is 1. The standard InChI is InChI=1S/C23H24N2O5/c1-28-13-14-29-17-7-9-18(10-8-17)30-19-15-25(16-19)21-6-4-5-20(23(26)27)22(21)24-11-2-3-12-24/h2-12,19H,13-16H2,1H3,(H,26,27). The van der Waals surface area contributed by atoms with E-state index >= 15 is 0 Å². The molecule has 7 heteroatoms.